The smallest absolute Gasteiger partial charge is 0.387 e. The molecule has 2 heterocycles. The minimum Gasteiger partial charge on any atom is -0.435 e. The van der Waals surface area contributed by atoms with Crippen molar-refractivity contribution < 1.29 is 13.5 Å². The molecule has 1 aromatic carbocycles. The lowest BCUT2D eigenvalue weighted by molar-refractivity contribution is -0.0498. The van der Waals surface area contributed by atoms with Crippen molar-refractivity contribution in [2.75, 3.05) is 11.9 Å². The Balaban J connectivity index is 1.58. The predicted octanol–water partition coefficient (Wildman–Crippen LogP) is 3.95. The number of hydrogen-bond acceptors (Lipinski definition) is 5. The van der Waals surface area contributed by atoms with Crippen molar-refractivity contribution in [3.05, 3.63) is 47.6 Å². The minimum atomic E-state index is -2.79. The van der Waals surface area contributed by atoms with Gasteiger partial charge >= 0.3 is 6.61 Å². The second-order valence-corrected chi connectivity index (χ2v) is 5.47. The molecule has 0 saturated carbocycles. The lowest BCUT2D eigenvalue weighted by atomic mass is 10.1. The highest BCUT2D eigenvalue weighted by Crippen LogP contribution is 2.24. The van der Waals surface area contributed by atoms with Gasteiger partial charge in [-0.3, -0.25) is 0 Å². The van der Waals surface area contributed by atoms with Gasteiger partial charge in [-0.25, -0.2) is 9.97 Å². The van der Waals surface area contributed by atoms with Gasteiger partial charge in [-0.2, -0.15) is 8.78 Å². The van der Waals surface area contributed by atoms with Gasteiger partial charge < -0.3 is 10.1 Å². The number of anilines is 1. The van der Waals surface area contributed by atoms with Gasteiger partial charge in [0.25, 0.3) is 0 Å². The molecule has 114 valence electrons. The van der Waals surface area contributed by atoms with Gasteiger partial charge in [0.1, 0.15) is 17.9 Å². The summed E-state index contributed by atoms with van der Waals surface area (Å²) in [7, 11) is 0. The van der Waals surface area contributed by atoms with Gasteiger partial charge in [0.15, 0.2) is 0 Å². The first kappa shape index (κ1) is 14.6. The van der Waals surface area contributed by atoms with Crippen LogP contribution in [0.3, 0.4) is 0 Å². The molecule has 0 bridgehead atoms. The molecule has 0 radical (unpaired) electrons. The summed E-state index contributed by atoms with van der Waals surface area (Å²) >= 11 is 1.59. The van der Waals surface area contributed by atoms with Crippen LogP contribution in [-0.4, -0.2) is 23.1 Å². The normalized spacial score (nSPS) is 11.0. The zero-order chi connectivity index (χ0) is 15.4. The number of hydrogen-bond donors (Lipinski definition) is 1. The molecule has 3 rings (SSSR count). The fourth-order valence-corrected chi connectivity index (χ4v) is 2.89. The Kier molecular flexibility index (Phi) is 4.43. The third-order valence-electron chi connectivity index (χ3n) is 3.10. The summed E-state index contributed by atoms with van der Waals surface area (Å²) in [6.45, 7) is -2.10. The van der Waals surface area contributed by atoms with E-state index in [0.717, 1.165) is 28.0 Å². The molecule has 4 nitrogen and oxygen atoms in total. The zero-order valence-electron chi connectivity index (χ0n) is 11.5. The highest BCUT2D eigenvalue weighted by atomic mass is 32.1. The molecule has 0 amide bonds. The van der Waals surface area contributed by atoms with Crippen LogP contribution < -0.4 is 10.1 Å². The van der Waals surface area contributed by atoms with E-state index in [1.807, 2.05) is 11.4 Å². The maximum absolute atomic E-state index is 12.1. The van der Waals surface area contributed by atoms with Crippen molar-refractivity contribution in [2.24, 2.45) is 0 Å². The Morgan fingerprint density at radius 2 is 1.95 bits per heavy atom. The fourth-order valence-electron chi connectivity index (χ4n) is 2.08. The number of benzene rings is 1. The van der Waals surface area contributed by atoms with E-state index in [1.165, 1.54) is 6.33 Å². The lowest BCUT2D eigenvalue weighted by Crippen LogP contribution is -2.07. The van der Waals surface area contributed by atoms with Crippen molar-refractivity contribution in [3.8, 4) is 5.75 Å². The average Bonchev–Trinajstić information content (AvgIpc) is 2.98. The Morgan fingerprint density at radius 3 is 2.73 bits per heavy atom. The highest BCUT2D eigenvalue weighted by Gasteiger charge is 2.05. The van der Waals surface area contributed by atoms with E-state index in [-0.39, 0.29) is 5.75 Å². The van der Waals surface area contributed by atoms with Gasteiger partial charge in [-0.05, 0) is 35.6 Å². The summed E-state index contributed by atoms with van der Waals surface area (Å²) in [5.74, 6) is 0.987. The van der Waals surface area contributed by atoms with Crippen molar-refractivity contribution in [1.29, 1.82) is 0 Å². The molecule has 2 aromatic heterocycles. The molecule has 3 aromatic rings. The fraction of sp³-hybridized carbons (Fsp3) is 0.200. The minimum absolute atomic E-state index is 0.169. The summed E-state index contributed by atoms with van der Waals surface area (Å²) in [6.07, 6.45) is 2.29. The number of ether oxygens (including phenoxy) is 1. The van der Waals surface area contributed by atoms with Crippen molar-refractivity contribution in [3.63, 3.8) is 0 Å². The Bertz CT molecular complexity index is 746. The van der Waals surface area contributed by atoms with Crippen molar-refractivity contribution in [1.82, 2.24) is 9.97 Å². The van der Waals surface area contributed by atoms with E-state index >= 15 is 0 Å². The number of aromatic nitrogens is 2. The molecule has 7 heteroatoms. The van der Waals surface area contributed by atoms with Crippen LogP contribution in [0.1, 0.15) is 5.56 Å². The zero-order valence-corrected chi connectivity index (χ0v) is 12.3. The number of halogens is 2. The lowest BCUT2D eigenvalue weighted by Gasteiger charge is -2.08. The van der Waals surface area contributed by atoms with Crippen LogP contribution in [0.25, 0.3) is 10.2 Å². The SMILES string of the molecule is FC(F)Oc1ccc(CCNc2ncnc3ccsc23)cc1. The quantitative estimate of drug-likeness (QED) is 0.747. The molecule has 0 atom stereocenters. The first-order chi connectivity index (χ1) is 10.7. The van der Waals surface area contributed by atoms with Crippen molar-refractivity contribution in [2.45, 2.75) is 13.0 Å². The molecular weight excluding hydrogens is 308 g/mol. The first-order valence-electron chi connectivity index (χ1n) is 6.68. The maximum atomic E-state index is 12.1. The summed E-state index contributed by atoms with van der Waals surface area (Å²) < 4.78 is 29.5. The highest BCUT2D eigenvalue weighted by molar-refractivity contribution is 7.17. The molecule has 0 unspecified atom stereocenters. The molecule has 22 heavy (non-hydrogen) atoms. The van der Waals surface area contributed by atoms with E-state index in [9.17, 15) is 8.78 Å². The van der Waals surface area contributed by atoms with E-state index in [0.29, 0.717) is 6.54 Å². The standard InChI is InChI=1S/C15H13F2N3OS/c16-15(17)21-11-3-1-10(2-4-11)5-7-18-14-13-12(6-8-22-13)19-9-20-14/h1-4,6,8-9,15H,5,7H2,(H,18,19,20). The van der Waals surface area contributed by atoms with E-state index < -0.39 is 6.61 Å². The molecule has 1 N–H and O–H groups in total. The second-order valence-electron chi connectivity index (χ2n) is 4.56. The van der Waals surface area contributed by atoms with E-state index in [4.69, 9.17) is 0 Å². The Labute approximate surface area is 129 Å². The van der Waals surface area contributed by atoms with E-state index in [2.05, 4.69) is 20.0 Å². The number of thiophene rings is 1. The van der Waals surface area contributed by atoms with E-state index in [1.54, 1.807) is 35.6 Å². The van der Waals surface area contributed by atoms with Crippen LogP contribution in [0.15, 0.2) is 42.0 Å². The summed E-state index contributed by atoms with van der Waals surface area (Å²) in [5.41, 5.74) is 1.96. The number of nitrogens with zero attached hydrogens (tertiary/aromatic N) is 2. The van der Waals surface area contributed by atoms with Gasteiger partial charge in [-0.1, -0.05) is 12.1 Å². The molecular formula is C15H13F2N3OS. The third-order valence-corrected chi connectivity index (χ3v) is 4.01. The first-order valence-corrected chi connectivity index (χ1v) is 7.56. The predicted molar refractivity (Wildman–Crippen MR) is 82.7 cm³/mol. The summed E-state index contributed by atoms with van der Waals surface area (Å²) in [6, 6.07) is 8.60. The van der Waals surface area contributed by atoms with Crippen LogP contribution in [0, 0.1) is 0 Å². The van der Waals surface area contributed by atoms with Crippen molar-refractivity contribution >= 4 is 27.4 Å². The number of rotatable bonds is 6. The van der Waals surface area contributed by atoms with Gasteiger partial charge in [0.2, 0.25) is 0 Å². The third kappa shape index (κ3) is 3.48. The van der Waals surface area contributed by atoms with Crippen LogP contribution in [-0.2, 0) is 6.42 Å². The number of alkyl halides is 2. The molecule has 0 aliphatic heterocycles. The Hall–Kier alpha value is -2.28. The molecule has 0 saturated heterocycles. The molecule has 0 spiro atoms. The molecule has 0 aliphatic rings. The average molecular weight is 321 g/mol. The monoisotopic (exact) mass is 321 g/mol. The van der Waals surface area contributed by atoms with Gasteiger partial charge in [0.05, 0.1) is 10.2 Å². The maximum Gasteiger partial charge on any atom is 0.387 e. The van der Waals surface area contributed by atoms with Crippen LogP contribution in [0.2, 0.25) is 0 Å². The van der Waals surface area contributed by atoms with Gasteiger partial charge in [-0.15, -0.1) is 11.3 Å². The largest absolute Gasteiger partial charge is 0.435 e. The van der Waals surface area contributed by atoms with Gasteiger partial charge in [0, 0.05) is 6.54 Å². The summed E-state index contributed by atoms with van der Waals surface area (Å²) in [5, 5.41) is 5.26. The topological polar surface area (TPSA) is 47.0 Å². The summed E-state index contributed by atoms with van der Waals surface area (Å²) in [4.78, 5) is 8.43. The van der Waals surface area contributed by atoms with Crippen LogP contribution in [0.4, 0.5) is 14.6 Å². The molecule has 0 fully saturated rings. The number of fused-ring (bicyclic) bond motifs is 1. The Morgan fingerprint density at radius 1 is 1.14 bits per heavy atom. The van der Waals surface area contributed by atoms with Crippen LogP contribution in [0.5, 0.6) is 5.75 Å². The second kappa shape index (κ2) is 6.65. The number of nitrogens with one attached hydrogen (secondary N) is 1. The molecule has 0 aliphatic carbocycles. The van der Waals surface area contributed by atoms with Crippen LogP contribution >= 0.6 is 11.3 Å².